The number of carbonyl (C=O) groups excluding carboxylic acids is 2. The van der Waals surface area contributed by atoms with Crippen LogP contribution in [0.5, 0.6) is 0 Å². The van der Waals surface area contributed by atoms with E-state index in [4.69, 9.17) is 10.5 Å². The maximum atomic E-state index is 11.1. The van der Waals surface area contributed by atoms with Crippen LogP contribution >= 0.6 is 0 Å². The van der Waals surface area contributed by atoms with Gasteiger partial charge in [-0.3, -0.25) is 9.59 Å². The van der Waals surface area contributed by atoms with Crippen LogP contribution in [0, 0.1) is 0 Å². The van der Waals surface area contributed by atoms with Crippen molar-refractivity contribution in [2.24, 2.45) is 5.73 Å². The summed E-state index contributed by atoms with van der Waals surface area (Å²) in [6.45, 7) is 3.44. The number of unbranched alkanes of at least 4 members (excludes halogenated alkanes) is 1. The molecule has 0 unspecified atom stereocenters. The average molecular weight is 230 g/mol. The van der Waals surface area contributed by atoms with Gasteiger partial charge in [-0.1, -0.05) is 13.3 Å². The summed E-state index contributed by atoms with van der Waals surface area (Å²) in [6, 6.07) is 0. The van der Waals surface area contributed by atoms with Crippen LogP contribution in [0.3, 0.4) is 0 Å². The molecule has 0 heterocycles. The van der Waals surface area contributed by atoms with E-state index < -0.39 is 0 Å². The Morgan fingerprint density at radius 2 is 2.00 bits per heavy atom. The monoisotopic (exact) mass is 230 g/mol. The van der Waals surface area contributed by atoms with Crippen LogP contribution < -0.4 is 11.1 Å². The molecule has 1 amide bonds. The van der Waals surface area contributed by atoms with Gasteiger partial charge in [0.25, 0.3) is 0 Å². The zero-order valence-corrected chi connectivity index (χ0v) is 9.96. The molecule has 0 radical (unpaired) electrons. The number of ether oxygens (including phenoxy) is 1. The van der Waals surface area contributed by atoms with E-state index in [2.05, 4.69) is 5.32 Å². The number of nitrogens with one attached hydrogen (secondary N) is 1. The van der Waals surface area contributed by atoms with E-state index in [0.29, 0.717) is 39.0 Å². The summed E-state index contributed by atoms with van der Waals surface area (Å²) in [6.07, 6.45) is 3.08. The van der Waals surface area contributed by atoms with Crippen LogP contribution in [-0.4, -0.2) is 31.6 Å². The van der Waals surface area contributed by atoms with Crippen molar-refractivity contribution < 1.29 is 14.3 Å². The molecule has 16 heavy (non-hydrogen) atoms. The van der Waals surface area contributed by atoms with Crippen molar-refractivity contribution in [2.75, 3.05) is 19.7 Å². The SMILES string of the molecule is CCCCOC(=O)CCCC(=O)NCCN. The predicted octanol–water partition coefficient (Wildman–Crippen LogP) is 0.575. The van der Waals surface area contributed by atoms with E-state index in [0.717, 1.165) is 12.8 Å². The smallest absolute Gasteiger partial charge is 0.305 e. The predicted molar refractivity (Wildman–Crippen MR) is 61.8 cm³/mol. The summed E-state index contributed by atoms with van der Waals surface area (Å²) in [4.78, 5) is 22.3. The first-order chi connectivity index (χ1) is 7.70. The maximum absolute atomic E-state index is 11.1. The number of hydrogen-bond donors (Lipinski definition) is 2. The van der Waals surface area contributed by atoms with Crippen molar-refractivity contribution in [3.8, 4) is 0 Å². The van der Waals surface area contributed by atoms with Crippen molar-refractivity contribution >= 4 is 11.9 Å². The Kier molecular flexibility index (Phi) is 9.70. The first kappa shape index (κ1) is 14.9. The lowest BCUT2D eigenvalue weighted by Gasteiger charge is -2.04. The molecule has 0 rings (SSSR count). The van der Waals surface area contributed by atoms with E-state index in [-0.39, 0.29) is 11.9 Å². The molecular formula is C11H22N2O3. The molecule has 0 aromatic heterocycles. The molecule has 0 aromatic carbocycles. The molecule has 0 atom stereocenters. The Balaban J connectivity index is 3.36. The topological polar surface area (TPSA) is 81.4 Å². The third-order valence-corrected chi connectivity index (χ3v) is 2.01. The molecule has 0 aliphatic carbocycles. The number of carbonyl (C=O) groups is 2. The number of hydrogen-bond acceptors (Lipinski definition) is 4. The molecular weight excluding hydrogens is 208 g/mol. The summed E-state index contributed by atoms with van der Waals surface area (Å²) in [5.74, 6) is -0.285. The molecule has 0 saturated heterocycles. The number of esters is 1. The lowest BCUT2D eigenvalue weighted by Crippen LogP contribution is -2.28. The Hall–Kier alpha value is -1.10. The maximum Gasteiger partial charge on any atom is 0.305 e. The molecule has 5 heteroatoms. The Morgan fingerprint density at radius 3 is 2.62 bits per heavy atom. The normalized spacial score (nSPS) is 9.88. The zero-order chi connectivity index (χ0) is 12.2. The summed E-state index contributed by atoms with van der Waals surface area (Å²) >= 11 is 0. The molecule has 0 aliphatic heterocycles. The molecule has 3 N–H and O–H groups in total. The average Bonchev–Trinajstić information content (AvgIpc) is 2.26. The summed E-state index contributed by atoms with van der Waals surface area (Å²) in [7, 11) is 0. The third-order valence-electron chi connectivity index (χ3n) is 2.01. The van der Waals surface area contributed by atoms with E-state index in [1.807, 2.05) is 6.92 Å². The van der Waals surface area contributed by atoms with Crippen LogP contribution in [0.25, 0.3) is 0 Å². The second kappa shape index (κ2) is 10.4. The quantitative estimate of drug-likeness (QED) is 0.448. The fourth-order valence-corrected chi connectivity index (χ4v) is 1.10. The summed E-state index contributed by atoms with van der Waals surface area (Å²) in [5, 5.41) is 2.64. The van der Waals surface area contributed by atoms with Gasteiger partial charge in [-0.25, -0.2) is 0 Å². The highest BCUT2D eigenvalue weighted by molar-refractivity contribution is 5.76. The first-order valence-corrected chi connectivity index (χ1v) is 5.83. The van der Waals surface area contributed by atoms with Gasteiger partial charge < -0.3 is 15.8 Å². The lowest BCUT2D eigenvalue weighted by molar-refractivity contribution is -0.143. The van der Waals surface area contributed by atoms with Gasteiger partial charge in [-0.05, 0) is 12.8 Å². The van der Waals surface area contributed by atoms with Crippen molar-refractivity contribution in [3.63, 3.8) is 0 Å². The van der Waals surface area contributed by atoms with Crippen molar-refractivity contribution in [1.29, 1.82) is 0 Å². The highest BCUT2D eigenvalue weighted by atomic mass is 16.5. The minimum absolute atomic E-state index is 0.0631. The Bertz CT molecular complexity index is 207. The molecule has 0 aliphatic rings. The van der Waals surface area contributed by atoms with E-state index in [1.54, 1.807) is 0 Å². The van der Waals surface area contributed by atoms with E-state index in [1.165, 1.54) is 0 Å². The highest BCUT2D eigenvalue weighted by Crippen LogP contribution is 1.99. The molecule has 0 saturated carbocycles. The van der Waals surface area contributed by atoms with Crippen molar-refractivity contribution in [3.05, 3.63) is 0 Å². The fourth-order valence-electron chi connectivity index (χ4n) is 1.10. The van der Waals surface area contributed by atoms with Gasteiger partial charge >= 0.3 is 5.97 Å². The van der Waals surface area contributed by atoms with Crippen molar-refractivity contribution in [2.45, 2.75) is 39.0 Å². The fraction of sp³-hybridized carbons (Fsp3) is 0.818. The number of rotatable bonds is 9. The van der Waals surface area contributed by atoms with Gasteiger partial charge in [0, 0.05) is 25.9 Å². The Morgan fingerprint density at radius 1 is 1.25 bits per heavy atom. The van der Waals surface area contributed by atoms with Gasteiger partial charge in [-0.2, -0.15) is 0 Å². The van der Waals surface area contributed by atoms with E-state index >= 15 is 0 Å². The molecule has 5 nitrogen and oxygen atoms in total. The minimum atomic E-state index is -0.222. The van der Waals surface area contributed by atoms with Gasteiger partial charge in [-0.15, -0.1) is 0 Å². The van der Waals surface area contributed by atoms with Gasteiger partial charge in [0.1, 0.15) is 0 Å². The molecule has 0 bridgehead atoms. The lowest BCUT2D eigenvalue weighted by atomic mass is 10.2. The van der Waals surface area contributed by atoms with Crippen LogP contribution in [-0.2, 0) is 14.3 Å². The van der Waals surface area contributed by atoms with Crippen LogP contribution in [0.4, 0.5) is 0 Å². The summed E-state index contributed by atoms with van der Waals surface area (Å²) in [5.41, 5.74) is 5.23. The standard InChI is InChI=1S/C11H22N2O3/c1-2-3-9-16-11(15)6-4-5-10(14)13-8-7-12/h2-9,12H2,1H3,(H,13,14). The number of nitrogens with two attached hydrogens (primary N) is 1. The molecule has 0 fully saturated rings. The highest BCUT2D eigenvalue weighted by Gasteiger charge is 2.05. The minimum Gasteiger partial charge on any atom is -0.466 e. The van der Waals surface area contributed by atoms with Crippen LogP contribution in [0.15, 0.2) is 0 Å². The third kappa shape index (κ3) is 9.45. The Labute approximate surface area is 96.7 Å². The van der Waals surface area contributed by atoms with Crippen LogP contribution in [0.2, 0.25) is 0 Å². The van der Waals surface area contributed by atoms with Gasteiger partial charge in [0.2, 0.25) is 5.91 Å². The second-order valence-corrected chi connectivity index (χ2v) is 3.57. The molecule has 0 aromatic rings. The first-order valence-electron chi connectivity index (χ1n) is 5.83. The largest absolute Gasteiger partial charge is 0.466 e. The van der Waals surface area contributed by atoms with Crippen LogP contribution in [0.1, 0.15) is 39.0 Å². The van der Waals surface area contributed by atoms with Gasteiger partial charge in [0.05, 0.1) is 6.61 Å². The molecule has 94 valence electrons. The zero-order valence-electron chi connectivity index (χ0n) is 9.96. The van der Waals surface area contributed by atoms with E-state index in [9.17, 15) is 9.59 Å². The molecule has 0 spiro atoms. The summed E-state index contributed by atoms with van der Waals surface area (Å²) < 4.78 is 4.95. The second-order valence-electron chi connectivity index (χ2n) is 3.57. The van der Waals surface area contributed by atoms with Gasteiger partial charge in [0.15, 0.2) is 0 Å². The van der Waals surface area contributed by atoms with Crippen molar-refractivity contribution in [1.82, 2.24) is 5.32 Å². The number of amides is 1.